The van der Waals surface area contributed by atoms with Crippen molar-refractivity contribution in [1.29, 1.82) is 0 Å². The average Bonchev–Trinajstić information content (AvgIpc) is 2.91. The van der Waals surface area contributed by atoms with Crippen molar-refractivity contribution in [1.82, 2.24) is 9.55 Å². The standard InChI is InChI=1S/C17H18ClN3O2/c18-13-7-5-12(6-8-13)16(23)11-21-15-4-2-1-3-14(15)20-17(21)19-9-10-22/h1-8,16,22-23H,9-11H2,(H,19,20). The number of imidazole rings is 1. The molecule has 0 aliphatic heterocycles. The van der Waals surface area contributed by atoms with Crippen LogP contribution in [-0.4, -0.2) is 32.9 Å². The molecule has 1 heterocycles. The van der Waals surface area contributed by atoms with E-state index in [1.54, 1.807) is 12.1 Å². The number of anilines is 1. The molecule has 0 spiro atoms. The van der Waals surface area contributed by atoms with E-state index in [0.717, 1.165) is 16.6 Å². The van der Waals surface area contributed by atoms with Crippen LogP contribution < -0.4 is 5.32 Å². The van der Waals surface area contributed by atoms with E-state index in [0.29, 0.717) is 24.1 Å². The predicted molar refractivity (Wildman–Crippen MR) is 91.7 cm³/mol. The number of aliphatic hydroxyl groups is 2. The van der Waals surface area contributed by atoms with Gasteiger partial charge in [0.05, 0.1) is 30.3 Å². The van der Waals surface area contributed by atoms with Crippen LogP contribution in [0.4, 0.5) is 5.95 Å². The van der Waals surface area contributed by atoms with Crippen molar-refractivity contribution in [2.45, 2.75) is 12.6 Å². The van der Waals surface area contributed by atoms with Gasteiger partial charge in [-0.25, -0.2) is 4.98 Å². The minimum atomic E-state index is -0.681. The van der Waals surface area contributed by atoms with E-state index in [1.165, 1.54) is 0 Å². The predicted octanol–water partition coefficient (Wildman–Crippen LogP) is 2.83. The van der Waals surface area contributed by atoms with Crippen LogP contribution in [0.2, 0.25) is 5.02 Å². The molecule has 6 heteroatoms. The number of hydrogen-bond donors (Lipinski definition) is 3. The van der Waals surface area contributed by atoms with Gasteiger partial charge in [-0.3, -0.25) is 0 Å². The number of para-hydroxylation sites is 2. The molecule has 0 saturated heterocycles. The first kappa shape index (κ1) is 15.8. The summed E-state index contributed by atoms with van der Waals surface area (Å²) < 4.78 is 1.92. The molecule has 2 aromatic carbocycles. The maximum absolute atomic E-state index is 10.5. The normalized spacial score (nSPS) is 12.5. The molecule has 23 heavy (non-hydrogen) atoms. The van der Waals surface area contributed by atoms with E-state index in [2.05, 4.69) is 10.3 Å². The lowest BCUT2D eigenvalue weighted by molar-refractivity contribution is 0.158. The number of halogens is 1. The van der Waals surface area contributed by atoms with Gasteiger partial charge in [0.1, 0.15) is 0 Å². The third-order valence-electron chi connectivity index (χ3n) is 3.66. The fraction of sp³-hybridized carbons (Fsp3) is 0.235. The van der Waals surface area contributed by atoms with Crippen molar-refractivity contribution in [3.8, 4) is 0 Å². The third-order valence-corrected chi connectivity index (χ3v) is 3.91. The molecule has 0 aliphatic carbocycles. The lowest BCUT2D eigenvalue weighted by Crippen LogP contribution is -2.14. The summed E-state index contributed by atoms with van der Waals surface area (Å²) in [6.07, 6.45) is -0.681. The van der Waals surface area contributed by atoms with E-state index >= 15 is 0 Å². The largest absolute Gasteiger partial charge is 0.395 e. The Morgan fingerprint density at radius 2 is 1.87 bits per heavy atom. The van der Waals surface area contributed by atoms with Gasteiger partial charge in [0.2, 0.25) is 5.95 Å². The molecular weight excluding hydrogens is 314 g/mol. The van der Waals surface area contributed by atoms with Crippen molar-refractivity contribution in [2.24, 2.45) is 0 Å². The summed E-state index contributed by atoms with van der Waals surface area (Å²) in [5, 5.41) is 23.3. The monoisotopic (exact) mass is 331 g/mol. The Labute approximate surface area is 139 Å². The second kappa shape index (κ2) is 7.00. The Balaban J connectivity index is 1.92. The Morgan fingerprint density at radius 1 is 1.13 bits per heavy atom. The molecule has 0 aliphatic rings. The summed E-state index contributed by atoms with van der Waals surface area (Å²) in [5.41, 5.74) is 2.57. The van der Waals surface area contributed by atoms with Crippen molar-refractivity contribution >= 4 is 28.6 Å². The first-order chi connectivity index (χ1) is 11.2. The van der Waals surface area contributed by atoms with Gasteiger partial charge >= 0.3 is 0 Å². The lowest BCUT2D eigenvalue weighted by Gasteiger charge is -2.15. The highest BCUT2D eigenvalue weighted by Crippen LogP contribution is 2.24. The number of aromatic nitrogens is 2. The van der Waals surface area contributed by atoms with Crippen molar-refractivity contribution in [3.05, 3.63) is 59.1 Å². The molecule has 3 rings (SSSR count). The maximum Gasteiger partial charge on any atom is 0.204 e. The summed E-state index contributed by atoms with van der Waals surface area (Å²) in [6.45, 7) is 0.777. The van der Waals surface area contributed by atoms with Crippen LogP contribution in [0.3, 0.4) is 0 Å². The molecule has 3 N–H and O–H groups in total. The fourth-order valence-electron chi connectivity index (χ4n) is 2.53. The summed E-state index contributed by atoms with van der Waals surface area (Å²) >= 11 is 5.89. The van der Waals surface area contributed by atoms with Crippen LogP contribution in [0, 0.1) is 0 Å². The van der Waals surface area contributed by atoms with Crippen molar-refractivity contribution in [3.63, 3.8) is 0 Å². The molecule has 5 nitrogen and oxygen atoms in total. The zero-order valence-electron chi connectivity index (χ0n) is 12.5. The molecule has 0 saturated carbocycles. The molecule has 0 radical (unpaired) electrons. The number of nitrogens with zero attached hydrogens (tertiary/aromatic N) is 2. The van der Waals surface area contributed by atoms with Gasteiger partial charge in [-0.05, 0) is 29.8 Å². The Bertz CT molecular complexity index is 786. The fourth-order valence-corrected chi connectivity index (χ4v) is 2.65. The molecule has 0 amide bonds. The van der Waals surface area contributed by atoms with Crippen LogP contribution in [-0.2, 0) is 6.54 Å². The second-order valence-corrected chi connectivity index (χ2v) is 5.69. The molecule has 0 bridgehead atoms. The molecule has 1 aromatic heterocycles. The second-order valence-electron chi connectivity index (χ2n) is 5.25. The minimum absolute atomic E-state index is 0.0168. The number of nitrogens with one attached hydrogen (secondary N) is 1. The number of aliphatic hydroxyl groups excluding tert-OH is 2. The number of hydrogen-bond acceptors (Lipinski definition) is 4. The van der Waals surface area contributed by atoms with E-state index in [9.17, 15) is 5.11 Å². The van der Waals surface area contributed by atoms with Crippen LogP contribution in [0.25, 0.3) is 11.0 Å². The molecular formula is C17H18ClN3O2. The van der Waals surface area contributed by atoms with Gasteiger partial charge in [0.25, 0.3) is 0 Å². The van der Waals surface area contributed by atoms with E-state index < -0.39 is 6.10 Å². The molecule has 120 valence electrons. The zero-order chi connectivity index (χ0) is 16.2. The summed E-state index contributed by atoms with van der Waals surface area (Å²) in [6, 6.07) is 14.9. The number of benzene rings is 2. The zero-order valence-corrected chi connectivity index (χ0v) is 13.2. The first-order valence-corrected chi connectivity index (χ1v) is 7.80. The van der Waals surface area contributed by atoms with Gasteiger partial charge in [-0.1, -0.05) is 35.9 Å². The van der Waals surface area contributed by atoms with Gasteiger partial charge in [-0.15, -0.1) is 0 Å². The SMILES string of the molecule is OCCNc1nc2ccccc2n1CC(O)c1ccc(Cl)cc1. The number of fused-ring (bicyclic) bond motifs is 1. The van der Waals surface area contributed by atoms with Crippen molar-refractivity contribution < 1.29 is 10.2 Å². The molecule has 0 fully saturated rings. The van der Waals surface area contributed by atoms with Crippen LogP contribution in [0.1, 0.15) is 11.7 Å². The Hall–Kier alpha value is -2.08. The highest BCUT2D eigenvalue weighted by molar-refractivity contribution is 6.30. The quantitative estimate of drug-likeness (QED) is 0.649. The van der Waals surface area contributed by atoms with E-state index in [1.807, 2.05) is 41.0 Å². The summed E-state index contributed by atoms with van der Waals surface area (Å²) in [7, 11) is 0. The molecule has 3 aromatic rings. The lowest BCUT2D eigenvalue weighted by atomic mass is 10.1. The maximum atomic E-state index is 10.5. The highest BCUT2D eigenvalue weighted by atomic mass is 35.5. The molecule has 1 atom stereocenters. The van der Waals surface area contributed by atoms with E-state index in [4.69, 9.17) is 16.7 Å². The first-order valence-electron chi connectivity index (χ1n) is 7.42. The van der Waals surface area contributed by atoms with Gasteiger partial charge < -0.3 is 20.1 Å². The topological polar surface area (TPSA) is 70.3 Å². The smallest absolute Gasteiger partial charge is 0.204 e. The average molecular weight is 332 g/mol. The summed E-state index contributed by atoms with van der Waals surface area (Å²) in [5.74, 6) is 0.633. The van der Waals surface area contributed by atoms with Crippen LogP contribution in [0.15, 0.2) is 48.5 Å². The Morgan fingerprint density at radius 3 is 2.61 bits per heavy atom. The van der Waals surface area contributed by atoms with Gasteiger partial charge in [0.15, 0.2) is 0 Å². The van der Waals surface area contributed by atoms with E-state index in [-0.39, 0.29) is 6.61 Å². The van der Waals surface area contributed by atoms with Gasteiger partial charge in [0, 0.05) is 11.6 Å². The minimum Gasteiger partial charge on any atom is -0.395 e. The number of rotatable bonds is 6. The van der Waals surface area contributed by atoms with Gasteiger partial charge in [-0.2, -0.15) is 0 Å². The van der Waals surface area contributed by atoms with Crippen LogP contribution >= 0.6 is 11.6 Å². The Kier molecular flexibility index (Phi) is 4.81. The highest BCUT2D eigenvalue weighted by Gasteiger charge is 2.15. The summed E-state index contributed by atoms with van der Waals surface area (Å²) in [4.78, 5) is 4.52. The van der Waals surface area contributed by atoms with Crippen molar-refractivity contribution in [2.75, 3.05) is 18.5 Å². The molecule has 1 unspecified atom stereocenters. The third kappa shape index (κ3) is 3.47. The van der Waals surface area contributed by atoms with Crippen LogP contribution in [0.5, 0.6) is 0 Å².